The lowest BCUT2D eigenvalue weighted by Crippen LogP contribution is -2.21. The van der Waals surface area contributed by atoms with Gasteiger partial charge >= 0.3 is 7.82 Å². The Morgan fingerprint density at radius 2 is 1.48 bits per heavy atom. The quantitative estimate of drug-likeness (QED) is 0.248. The monoisotopic (exact) mass is 321 g/mol. The van der Waals surface area contributed by atoms with Crippen LogP contribution in [0.2, 0.25) is 0 Å². The summed E-state index contributed by atoms with van der Waals surface area (Å²) >= 11 is 0. The van der Waals surface area contributed by atoms with Crippen LogP contribution in [0.4, 0.5) is 0 Å². The van der Waals surface area contributed by atoms with Crippen LogP contribution < -0.4 is 5.32 Å². The molecule has 0 heterocycles. The zero-order valence-electron chi connectivity index (χ0n) is 11.8. The van der Waals surface area contributed by atoms with Crippen LogP contribution >= 0.6 is 7.82 Å². The number of aliphatic hydroxyl groups is 2. The molecule has 21 heavy (non-hydrogen) atoms. The molecule has 0 atom stereocenters. The van der Waals surface area contributed by atoms with Gasteiger partial charge in [0.25, 0.3) is 0 Å². The fraction of sp³-hybridized carbons (Fsp3) is 0.385. The molecule has 0 aliphatic carbocycles. The summed E-state index contributed by atoms with van der Waals surface area (Å²) in [6.45, 7) is 5.07. The van der Waals surface area contributed by atoms with Crippen molar-refractivity contribution in [3.05, 3.63) is 48.6 Å². The summed E-state index contributed by atoms with van der Waals surface area (Å²) in [5, 5.41) is 19.1. The number of phosphoric acid groups is 1. The Kier molecular flexibility index (Phi) is 16.2. The van der Waals surface area contributed by atoms with Gasteiger partial charge in [0.1, 0.15) is 0 Å². The van der Waals surface area contributed by atoms with Crippen LogP contribution in [0.5, 0.6) is 0 Å². The average Bonchev–Trinajstić information content (AvgIpc) is 2.40. The Labute approximate surface area is 124 Å². The van der Waals surface area contributed by atoms with Crippen LogP contribution in [0.25, 0.3) is 0 Å². The van der Waals surface area contributed by atoms with Gasteiger partial charge in [-0.05, 0) is 12.0 Å². The third-order valence-corrected chi connectivity index (χ3v) is 1.80. The lowest BCUT2D eigenvalue weighted by molar-refractivity contribution is 0.266. The van der Waals surface area contributed by atoms with Gasteiger partial charge in [-0.15, -0.1) is 6.58 Å². The van der Waals surface area contributed by atoms with Gasteiger partial charge in [-0.2, -0.15) is 0 Å². The molecule has 0 unspecified atom stereocenters. The van der Waals surface area contributed by atoms with Gasteiger partial charge in [0.05, 0.1) is 13.2 Å². The molecule has 0 bridgehead atoms. The van der Waals surface area contributed by atoms with E-state index in [1.54, 1.807) is 0 Å². The van der Waals surface area contributed by atoms with Crippen molar-refractivity contribution in [2.45, 2.75) is 6.42 Å². The lowest BCUT2D eigenvalue weighted by Gasteiger charge is -1.94. The standard InChI is InChI=1S/C9H10.C4H11NO2.H3O4P/c1-2-6-9-7-4-3-5-8-9;6-3-1-5-2-4-7;1-5(2,3)4/h2-5,7-8H,1,6H2;5-7H,1-4H2;(H3,1,2,3,4). The lowest BCUT2D eigenvalue weighted by atomic mass is 10.2. The number of hydrogen-bond acceptors (Lipinski definition) is 4. The molecule has 1 aromatic rings. The first kappa shape index (κ1) is 22.2. The van der Waals surface area contributed by atoms with Gasteiger partial charge in [-0.25, -0.2) is 4.57 Å². The minimum Gasteiger partial charge on any atom is -0.395 e. The van der Waals surface area contributed by atoms with Crippen molar-refractivity contribution in [2.75, 3.05) is 26.3 Å². The predicted octanol–water partition coefficient (Wildman–Crippen LogP) is 0.0471. The first-order valence-electron chi connectivity index (χ1n) is 6.20. The van der Waals surface area contributed by atoms with Gasteiger partial charge in [0.15, 0.2) is 0 Å². The van der Waals surface area contributed by atoms with Crippen molar-refractivity contribution in [3.63, 3.8) is 0 Å². The Morgan fingerprint density at radius 1 is 1.05 bits per heavy atom. The molecule has 0 aliphatic rings. The normalized spacial score (nSPS) is 9.76. The zero-order chi connectivity index (χ0) is 16.6. The van der Waals surface area contributed by atoms with Crippen molar-refractivity contribution in [3.8, 4) is 0 Å². The van der Waals surface area contributed by atoms with Crippen LogP contribution in [0, 0.1) is 0 Å². The Hall–Kier alpha value is -1.05. The van der Waals surface area contributed by atoms with E-state index < -0.39 is 7.82 Å². The highest BCUT2D eigenvalue weighted by atomic mass is 31.2. The van der Waals surface area contributed by atoms with Crippen molar-refractivity contribution in [2.24, 2.45) is 0 Å². The maximum Gasteiger partial charge on any atom is 0.466 e. The molecule has 8 heteroatoms. The van der Waals surface area contributed by atoms with Crippen molar-refractivity contribution >= 4 is 7.82 Å². The molecule has 0 aliphatic heterocycles. The van der Waals surface area contributed by atoms with Gasteiger partial charge < -0.3 is 30.2 Å². The molecule has 1 aromatic carbocycles. The summed E-state index contributed by atoms with van der Waals surface area (Å²) < 4.78 is 8.88. The highest BCUT2D eigenvalue weighted by molar-refractivity contribution is 7.45. The minimum atomic E-state index is -4.64. The molecule has 0 spiro atoms. The molecule has 1 rings (SSSR count). The summed E-state index contributed by atoms with van der Waals surface area (Å²) in [6, 6.07) is 10.3. The number of aliphatic hydroxyl groups excluding tert-OH is 2. The van der Waals surface area contributed by atoms with Crippen LogP contribution in [0.15, 0.2) is 43.0 Å². The van der Waals surface area contributed by atoms with Crippen LogP contribution in [0.1, 0.15) is 5.56 Å². The van der Waals surface area contributed by atoms with E-state index in [2.05, 4.69) is 24.0 Å². The smallest absolute Gasteiger partial charge is 0.395 e. The number of nitrogens with one attached hydrogen (secondary N) is 1. The maximum atomic E-state index is 8.88. The molecule has 0 amide bonds. The summed E-state index contributed by atoms with van der Waals surface area (Å²) in [7, 11) is -4.64. The van der Waals surface area contributed by atoms with E-state index in [0.717, 1.165) is 6.42 Å². The molecular formula is C13H24NO6P. The highest BCUT2D eigenvalue weighted by Crippen LogP contribution is 2.25. The molecule has 6 N–H and O–H groups in total. The van der Waals surface area contributed by atoms with Gasteiger partial charge in [0, 0.05) is 13.1 Å². The molecule has 0 fully saturated rings. The first-order chi connectivity index (χ1) is 9.85. The first-order valence-corrected chi connectivity index (χ1v) is 7.77. The van der Waals surface area contributed by atoms with Crippen LogP contribution in [-0.2, 0) is 11.0 Å². The molecule has 0 saturated carbocycles. The molecular weight excluding hydrogens is 297 g/mol. The van der Waals surface area contributed by atoms with Crippen LogP contribution in [-0.4, -0.2) is 51.2 Å². The van der Waals surface area contributed by atoms with Crippen molar-refractivity contribution in [1.29, 1.82) is 0 Å². The Bertz CT molecular complexity index is 369. The molecule has 7 nitrogen and oxygen atoms in total. The molecule has 0 saturated heterocycles. The summed E-state index contributed by atoms with van der Waals surface area (Å²) in [5.74, 6) is 0. The van der Waals surface area contributed by atoms with E-state index in [1.807, 2.05) is 24.3 Å². The third-order valence-electron chi connectivity index (χ3n) is 1.80. The van der Waals surface area contributed by atoms with E-state index in [9.17, 15) is 0 Å². The average molecular weight is 321 g/mol. The minimum absolute atomic E-state index is 0.139. The van der Waals surface area contributed by atoms with E-state index in [0.29, 0.717) is 13.1 Å². The Balaban J connectivity index is 0. The fourth-order valence-corrected chi connectivity index (χ4v) is 1.06. The number of rotatable bonds is 6. The molecule has 0 aromatic heterocycles. The van der Waals surface area contributed by atoms with Crippen LogP contribution in [0.3, 0.4) is 0 Å². The second kappa shape index (κ2) is 15.3. The van der Waals surface area contributed by atoms with Crippen molar-refractivity contribution in [1.82, 2.24) is 5.32 Å². The summed E-state index contributed by atoms with van der Waals surface area (Å²) in [4.78, 5) is 21.6. The van der Waals surface area contributed by atoms with Crippen molar-refractivity contribution < 1.29 is 29.5 Å². The van der Waals surface area contributed by atoms with E-state index >= 15 is 0 Å². The second-order valence-corrected chi connectivity index (χ2v) is 4.72. The largest absolute Gasteiger partial charge is 0.466 e. The SMILES string of the molecule is C=CCc1ccccc1.O=P(O)(O)O.OCCNCCO. The van der Waals surface area contributed by atoms with E-state index in [1.165, 1.54) is 5.56 Å². The third kappa shape index (κ3) is 28.0. The summed E-state index contributed by atoms with van der Waals surface area (Å²) in [6.07, 6.45) is 2.89. The van der Waals surface area contributed by atoms with Gasteiger partial charge in [0.2, 0.25) is 0 Å². The van der Waals surface area contributed by atoms with Gasteiger partial charge in [-0.1, -0.05) is 36.4 Å². The Morgan fingerprint density at radius 3 is 1.81 bits per heavy atom. The topological polar surface area (TPSA) is 130 Å². The zero-order valence-corrected chi connectivity index (χ0v) is 12.7. The number of allylic oxidation sites excluding steroid dienone is 1. The maximum absolute atomic E-state index is 8.88. The highest BCUT2D eigenvalue weighted by Gasteiger charge is 2.00. The molecule has 0 radical (unpaired) electrons. The summed E-state index contributed by atoms with van der Waals surface area (Å²) in [5.41, 5.74) is 1.33. The molecule has 122 valence electrons. The second-order valence-electron chi connectivity index (χ2n) is 3.69. The van der Waals surface area contributed by atoms with Gasteiger partial charge in [-0.3, -0.25) is 0 Å². The predicted molar refractivity (Wildman–Crippen MR) is 81.6 cm³/mol. The van der Waals surface area contributed by atoms with E-state index in [-0.39, 0.29) is 13.2 Å². The van der Waals surface area contributed by atoms with E-state index in [4.69, 9.17) is 29.5 Å². The fourth-order valence-electron chi connectivity index (χ4n) is 1.06. The number of benzene rings is 1. The number of hydrogen-bond donors (Lipinski definition) is 6.